The van der Waals surface area contributed by atoms with Gasteiger partial charge in [0.25, 0.3) is 5.91 Å². The van der Waals surface area contributed by atoms with Crippen LogP contribution >= 0.6 is 0 Å². The van der Waals surface area contributed by atoms with Crippen molar-refractivity contribution in [3.8, 4) is 0 Å². The highest BCUT2D eigenvalue weighted by Crippen LogP contribution is 2.46. The summed E-state index contributed by atoms with van der Waals surface area (Å²) in [5.74, 6) is -2.93. The molecule has 2 heterocycles. The quantitative estimate of drug-likeness (QED) is 0.203. The number of ether oxygens (including phenoxy) is 2. The molecule has 3 fully saturated rings. The lowest BCUT2D eigenvalue weighted by Crippen LogP contribution is -2.57. The van der Waals surface area contributed by atoms with Gasteiger partial charge in [0.1, 0.15) is 11.6 Å². The highest BCUT2D eigenvalue weighted by atomic mass is 32.2. The largest absolute Gasteiger partial charge is 0.466 e. The van der Waals surface area contributed by atoms with Crippen molar-refractivity contribution in [3.63, 3.8) is 0 Å². The Labute approximate surface area is 255 Å². The van der Waals surface area contributed by atoms with Crippen molar-refractivity contribution in [2.24, 2.45) is 11.8 Å². The first-order valence-corrected chi connectivity index (χ1v) is 17.7. The molecule has 0 unspecified atom stereocenters. The van der Waals surface area contributed by atoms with Crippen molar-refractivity contribution in [2.45, 2.75) is 126 Å². The molecular weight excluding hydrogens is 574 g/mol. The van der Waals surface area contributed by atoms with Crippen molar-refractivity contribution >= 4 is 33.7 Å². The molecule has 2 saturated carbocycles. The van der Waals surface area contributed by atoms with Gasteiger partial charge >= 0.3 is 5.97 Å². The monoisotopic (exact) mass is 623 g/mol. The highest BCUT2D eigenvalue weighted by molar-refractivity contribution is 7.91. The molecule has 2 N–H and O–H groups in total. The molecule has 4 aliphatic rings. The van der Waals surface area contributed by atoms with Crippen molar-refractivity contribution in [2.75, 3.05) is 20.3 Å². The molecule has 12 heteroatoms. The maximum absolute atomic E-state index is 14.0. The number of carbonyl (C=O) groups excluding carboxylic acids is 4. The van der Waals surface area contributed by atoms with Crippen LogP contribution in [0.25, 0.3) is 0 Å². The number of hydrogen-bond donors (Lipinski definition) is 2. The number of unbranched alkanes of at least 4 members (excludes halogenated alkanes) is 3. The van der Waals surface area contributed by atoms with Crippen LogP contribution in [0.3, 0.4) is 0 Å². The normalized spacial score (nSPS) is 30.2. The number of fused-ring (bicyclic) bond motifs is 2. The Bertz CT molecular complexity index is 1150. The fourth-order valence-electron chi connectivity index (χ4n) is 6.22. The maximum atomic E-state index is 14.0. The first-order valence-electron chi connectivity index (χ1n) is 16.1. The van der Waals surface area contributed by atoms with E-state index in [4.69, 9.17) is 9.47 Å². The molecule has 5 atom stereocenters. The Morgan fingerprint density at radius 3 is 2.58 bits per heavy atom. The van der Waals surface area contributed by atoms with E-state index in [1.165, 1.54) is 12.0 Å². The third-order valence-corrected chi connectivity index (χ3v) is 11.0. The molecule has 11 nitrogen and oxygen atoms in total. The van der Waals surface area contributed by atoms with Crippen molar-refractivity contribution < 1.29 is 37.1 Å². The van der Waals surface area contributed by atoms with Crippen molar-refractivity contribution in [3.05, 3.63) is 12.2 Å². The summed E-state index contributed by atoms with van der Waals surface area (Å²) in [4.78, 5) is 55.4. The van der Waals surface area contributed by atoms with Crippen LogP contribution in [-0.4, -0.2) is 80.2 Å². The van der Waals surface area contributed by atoms with Gasteiger partial charge in [0.2, 0.25) is 21.8 Å². The van der Waals surface area contributed by atoms with Gasteiger partial charge in [-0.2, -0.15) is 0 Å². The van der Waals surface area contributed by atoms with Gasteiger partial charge in [0.15, 0.2) is 0 Å². The van der Waals surface area contributed by atoms with E-state index in [9.17, 15) is 27.6 Å². The van der Waals surface area contributed by atoms with E-state index < -0.39 is 50.6 Å². The average Bonchev–Trinajstić information content (AvgIpc) is 3.89. The highest BCUT2D eigenvalue weighted by Gasteiger charge is 2.62. The molecule has 4 rings (SSSR count). The summed E-state index contributed by atoms with van der Waals surface area (Å²) in [6, 6.07) is -0.909. The lowest BCUT2D eigenvalue weighted by molar-refractivity contribution is -0.150. The zero-order chi connectivity index (χ0) is 31.0. The van der Waals surface area contributed by atoms with Crippen molar-refractivity contribution in [1.82, 2.24) is 14.9 Å². The van der Waals surface area contributed by atoms with E-state index in [1.54, 1.807) is 0 Å². The summed E-state index contributed by atoms with van der Waals surface area (Å²) < 4.78 is 38.4. The molecule has 0 aromatic carbocycles. The molecule has 3 amide bonds. The number of carbonyl (C=O) groups is 4. The number of hydrogen-bond acceptors (Lipinski definition) is 8. The first-order chi connectivity index (χ1) is 20.6. The number of nitrogens with zero attached hydrogens (tertiary/aromatic N) is 1. The molecule has 0 aromatic rings. The number of allylic oxidation sites excluding steroid dienone is 1. The predicted molar refractivity (Wildman–Crippen MR) is 160 cm³/mol. The van der Waals surface area contributed by atoms with Crippen LogP contribution in [0.1, 0.15) is 103 Å². The second-order valence-corrected chi connectivity index (χ2v) is 14.6. The molecule has 0 spiro atoms. The SMILES string of the molecule is CCCCCCOC(=O)C[C@H]1CCCCCCC=C[C@@H]2C[C@@]2(C(=O)NS(=O)(=O)C2CC2)NC(=O)[C@@H]2C[C@@H](OC)CN2C1=O. The van der Waals surface area contributed by atoms with E-state index in [1.807, 2.05) is 12.2 Å². The second-order valence-electron chi connectivity index (χ2n) is 12.6. The maximum Gasteiger partial charge on any atom is 0.306 e. The number of amides is 3. The number of nitrogens with one attached hydrogen (secondary N) is 2. The van der Waals surface area contributed by atoms with Gasteiger partial charge in [-0.05, 0) is 44.9 Å². The van der Waals surface area contributed by atoms with Crippen molar-refractivity contribution in [1.29, 1.82) is 0 Å². The van der Waals surface area contributed by atoms with Crippen LogP contribution in [0, 0.1) is 11.8 Å². The zero-order valence-electron chi connectivity index (χ0n) is 25.7. The molecule has 43 heavy (non-hydrogen) atoms. The van der Waals surface area contributed by atoms with E-state index >= 15 is 0 Å². The van der Waals surface area contributed by atoms with E-state index in [2.05, 4.69) is 17.0 Å². The van der Waals surface area contributed by atoms with E-state index in [0.717, 1.165) is 57.8 Å². The number of esters is 1. The lowest BCUT2D eigenvalue weighted by atomic mass is 9.95. The molecule has 0 bridgehead atoms. The fourth-order valence-corrected chi connectivity index (χ4v) is 7.58. The second kappa shape index (κ2) is 15.0. The Hall–Kier alpha value is -2.47. The van der Waals surface area contributed by atoms with Crippen LogP contribution in [0.15, 0.2) is 12.2 Å². The zero-order valence-corrected chi connectivity index (χ0v) is 26.5. The van der Waals surface area contributed by atoms with Gasteiger partial charge in [-0.15, -0.1) is 0 Å². The summed E-state index contributed by atoms with van der Waals surface area (Å²) in [5.41, 5.74) is -1.40. The molecule has 0 radical (unpaired) electrons. The van der Waals surface area contributed by atoms with Gasteiger partial charge < -0.3 is 19.7 Å². The van der Waals surface area contributed by atoms with Gasteiger partial charge in [0, 0.05) is 31.9 Å². The van der Waals surface area contributed by atoms with Crippen LogP contribution in [-0.2, 0) is 38.7 Å². The van der Waals surface area contributed by atoms with Crippen LogP contribution in [0.5, 0.6) is 0 Å². The standard InChI is InChI=1S/C31H49N3O8S/c1-3-4-5-12-17-42-27(35)18-22-13-10-8-6-7-9-11-14-23-20-31(23,30(38)33-43(39,40)25-15-16-25)32-28(36)26-19-24(41-2)21-34(26)29(22)37/h11,14,22-26H,3-10,12-13,15-21H2,1-2H3,(H,32,36)(H,33,38)/t22-,23-,24-,26+,31-/m1/s1. The minimum Gasteiger partial charge on any atom is -0.466 e. The molecule has 242 valence electrons. The molecule has 2 aliphatic heterocycles. The summed E-state index contributed by atoms with van der Waals surface area (Å²) in [6.07, 6.45) is 13.8. The molecule has 0 aromatic heterocycles. The molecular formula is C31H49N3O8S. The topological polar surface area (TPSA) is 148 Å². The third-order valence-electron chi connectivity index (χ3n) is 9.21. The summed E-state index contributed by atoms with van der Waals surface area (Å²) in [6.45, 7) is 2.63. The van der Waals surface area contributed by atoms with Crippen LogP contribution in [0.2, 0.25) is 0 Å². The number of methoxy groups -OCH3 is 1. The number of rotatable bonds is 11. The van der Waals surface area contributed by atoms with Crippen LogP contribution in [0.4, 0.5) is 0 Å². The summed E-state index contributed by atoms with van der Waals surface area (Å²) >= 11 is 0. The smallest absolute Gasteiger partial charge is 0.306 e. The Morgan fingerprint density at radius 1 is 1.09 bits per heavy atom. The Morgan fingerprint density at radius 2 is 1.86 bits per heavy atom. The van der Waals surface area contributed by atoms with Gasteiger partial charge in [0.05, 0.1) is 24.4 Å². The van der Waals surface area contributed by atoms with E-state index in [-0.39, 0.29) is 43.7 Å². The number of sulfonamides is 1. The third kappa shape index (κ3) is 8.80. The van der Waals surface area contributed by atoms with E-state index in [0.29, 0.717) is 25.9 Å². The summed E-state index contributed by atoms with van der Waals surface area (Å²) in [5, 5.41) is 2.28. The average molecular weight is 624 g/mol. The Balaban J connectivity index is 1.52. The van der Waals surface area contributed by atoms with Gasteiger partial charge in [-0.25, -0.2) is 8.42 Å². The van der Waals surface area contributed by atoms with Gasteiger partial charge in [-0.3, -0.25) is 23.9 Å². The summed E-state index contributed by atoms with van der Waals surface area (Å²) in [7, 11) is -2.28. The minimum atomic E-state index is -3.81. The Kier molecular flexibility index (Phi) is 11.7. The predicted octanol–water partition coefficient (Wildman–Crippen LogP) is 3.13. The first kappa shape index (κ1) is 33.4. The van der Waals surface area contributed by atoms with Gasteiger partial charge in [-0.1, -0.05) is 57.6 Å². The molecule has 1 saturated heterocycles. The fraction of sp³-hybridized carbons (Fsp3) is 0.806. The minimum absolute atomic E-state index is 0.0503. The lowest BCUT2D eigenvalue weighted by Gasteiger charge is -2.29. The molecule has 2 aliphatic carbocycles. The van der Waals surface area contributed by atoms with Crippen LogP contribution < -0.4 is 10.0 Å².